The van der Waals surface area contributed by atoms with Gasteiger partial charge >= 0.3 is 0 Å². The van der Waals surface area contributed by atoms with Crippen LogP contribution in [0.2, 0.25) is 10.0 Å². The van der Waals surface area contributed by atoms with Gasteiger partial charge in [0.25, 0.3) is 5.56 Å². The van der Waals surface area contributed by atoms with E-state index in [1.54, 1.807) is 22.9 Å². The fourth-order valence-electron chi connectivity index (χ4n) is 2.42. The highest BCUT2D eigenvalue weighted by atomic mass is 35.5. The maximum atomic E-state index is 12.3. The van der Waals surface area contributed by atoms with E-state index in [4.69, 9.17) is 23.2 Å². The number of nitrogens with zero attached hydrogens (tertiary/aromatic N) is 2. The van der Waals surface area contributed by atoms with E-state index in [2.05, 4.69) is 5.32 Å². The molecule has 0 radical (unpaired) electrons. The Labute approximate surface area is 143 Å². The monoisotopic (exact) mass is 347 g/mol. The van der Waals surface area contributed by atoms with Crippen LogP contribution in [-0.2, 0) is 6.67 Å². The van der Waals surface area contributed by atoms with Crippen LogP contribution < -0.4 is 10.9 Å². The number of para-hydroxylation sites is 1. The minimum absolute atomic E-state index is 0.0716. The minimum Gasteiger partial charge on any atom is -0.365 e. The Bertz CT molecular complexity index is 885. The second-order valence-electron chi connectivity index (χ2n) is 5.13. The second kappa shape index (κ2) is 6.52. The van der Waals surface area contributed by atoms with Gasteiger partial charge in [-0.1, -0.05) is 41.4 Å². The molecule has 0 spiro atoms. The molecule has 0 amide bonds. The molecular formula is C17H15Cl2N3O. The molecule has 4 nitrogen and oxygen atoms in total. The fraction of sp³-hybridized carbons (Fsp3) is 0.118. The maximum Gasteiger partial charge on any atom is 0.271 e. The number of rotatable bonds is 4. The lowest BCUT2D eigenvalue weighted by molar-refractivity contribution is 0.567. The lowest BCUT2D eigenvalue weighted by Gasteiger charge is -2.16. The Hall–Kier alpha value is -2.17. The number of benzene rings is 2. The van der Waals surface area contributed by atoms with Gasteiger partial charge < -0.3 is 5.32 Å². The lowest BCUT2D eigenvalue weighted by Crippen LogP contribution is -2.24. The zero-order valence-electron chi connectivity index (χ0n) is 12.5. The van der Waals surface area contributed by atoms with Gasteiger partial charge in [0, 0.05) is 16.8 Å². The predicted molar refractivity (Wildman–Crippen MR) is 94.9 cm³/mol. The molecule has 0 fully saturated rings. The molecule has 1 aromatic heterocycles. The van der Waals surface area contributed by atoms with Crippen molar-refractivity contribution in [3.63, 3.8) is 0 Å². The van der Waals surface area contributed by atoms with Gasteiger partial charge in [-0.3, -0.25) is 9.48 Å². The average Bonchev–Trinajstić information content (AvgIpc) is 2.81. The first-order valence-corrected chi connectivity index (χ1v) is 7.85. The molecule has 0 aliphatic carbocycles. The van der Waals surface area contributed by atoms with E-state index in [0.717, 1.165) is 17.1 Å². The fourth-order valence-corrected chi connectivity index (χ4v) is 2.89. The van der Waals surface area contributed by atoms with E-state index in [0.29, 0.717) is 16.7 Å². The van der Waals surface area contributed by atoms with E-state index >= 15 is 0 Å². The number of hydrogen-bond donors (Lipinski definition) is 1. The highest BCUT2D eigenvalue weighted by Gasteiger charge is 2.10. The Morgan fingerprint density at radius 1 is 1.04 bits per heavy atom. The van der Waals surface area contributed by atoms with E-state index in [9.17, 15) is 4.79 Å². The smallest absolute Gasteiger partial charge is 0.271 e. The zero-order chi connectivity index (χ0) is 16.4. The molecule has 0 atom stereocenters. The van der Waals surface area contributed by atoms with Gasteiger partial charge in [-0.2, -0.15) is 0 Å². The molecule has 3 aromatic rings. The highest BCUT2D eigenvalue weighted by molar-refractivity contribution is 6.36. The third kappa shape index (κ3) is 3.28. The van der Waals surface area contributed by atoms with Gasteiger partial charge in [0.05, 0.1) is 16.4 Å². The zero-order valence-corrected chi connectivity index (χ0v) is 14.0. The van der Waals surface area contributed by atoms with Crippen LogP contribution in [0, 0.1) is 6.92 Å². The Balaban J connectivity index is 1.93. The van der Waals surface area contributed by atoms with Gasteiger partial charge in [-0.05, 0) is 37.3 Å². The van der Waals surface area contributed by atoms with Gasteiger partial charge in [0.2, 0.25) is 0 Å². The number of halogens is 2. The Morgan fingerprint density at radius 2 is 1.78 bits per heavy atom. The van der Waals surface area contributed by atoms with Crippen LogP contribution in [0.25, 0.3) is 5.69 Å². The van der Waals surface area contributed by atoms with Crippen molar-refractivity contribution in [2.24, 2.45) is 0 Å². The van der Waals surface area contributed by atoms with Crippen molar-refractivity contribution < 1.29 is 0 Å². The van der Waals surface area contributed by atoms with Crippen molar-refractivity contribution in [3.8, 4) is 5.69 Å². The molecular weight excluding hydrogens is 333 g/mol. The Kier molecular flexibility index (Phi) is 4.46. The molecule has 0 unspecified atom stereocenters. The normalized spacial score (nSPS) is 10.7. The largest absolute Gasteiger partial charge is 0.365 e. The standard InChI is InChI=1S/C17H15Cl2N3O/c1-12-9-17(23)22(14-5-3-2-4-6-14)21(12)11-20-16-8-7-13(18)10-15(16)19/h2-10,20H,11H2,1H3. The average molecular weight is 348 g/mol. The third-order valence-corrected chi connectivity index (χ3v) is 4.09. The number of anilines is 1. The first-order chi connectivity index (χ1) is 11.1. The molecule has 6 heteroatoms. The number of aryl methyl sites for hydroxylation is 1. The maximum absolute atomic E-state index is 12.3. The summed E-state index contributed by atoms with van der Waals surface area (Å²) in [5.74, 6) is 0. The summed E-state index contributed by atoms with van der Waals surface area (Å²) in [6.45, 7) is 2.30. The summed E-state index contributed by atoms with van der Waals surface area (Å²) in [6.07, 6.45) is 0. The topological polar surface area (TPSA) is 39.0 Å². The first kappa shape index (κ1) is 15.7. The van der Waals surface area contributed by atoms with Crippen molar-refractivity contribution in [1.82, 2.24) is 9.36 Å². The summed E-state index contributed by atoms with van der Waals surface area (Å²) in [5, 5.41) is 4.35. The molecule has 118 valence electrons. The highest BCUT2D eigenvalue weighted by Crippen LogP contribution is 2.25. The van der Waals surface area contributed by atoms with Gasteiger partial charge in [0.15, 0.2) is 0 Å². The molecule has 1 heterocycles. The lowest BCUT2D eigenvalue weighted by atomic mass is 10.3. The van der Waals surface area contributed by atoms with E-state index in [1.807, 2.05) is 48.0 Å². The Morgan fingerprint density at radius 3 is 2.48 bits per heavy atom. The third-order valence-electron chi connectivity index (χ3n) is 3.54. The molecule has 23 heavy (non-hydrogen) atoms. The predicted octanol–water partition coefficient (Wildman–Crippen LogP) is 4.32. The van der Waals surface area contributed by atoms with Crippen LogP contribution in [0.3, 0.4) is 0 Å². The number of hydrogen-bond acceptors (Lipinski definition) is 2. The molecule has 0 saturated heterocycles. The summed E-state index contributed by atoms with van der Waals surface area (Å²) in [4.78, 5) is 12.3. The minimum atomic E-state index is -0.0716. The van der Waals surface area contributed by atoms with E-state index < -0.39 is 0 Å². The summed E-state index contributed by atoms with van der Waals surface area (Å²) in [6, 6.07) is 16.4. The van der Waals surface area contributed by atoms with Crippen molar-refractivity contribution in [2.45, 2.75) is 13.6 Å². The van der Waals surface area contributed by atoms with Crippen molar-refractivity contribution >= 4 is 28.9 Å². The molecule has 0 saturated carbocycles. The van der Waals surface area contributed by atoms with Crippen LogP contribution in [0.4, 0.5) is 5.69 Å². The molecule has 0 aliphatic heterocycles. The SMILES string of the molecule is Cc1cc(=O)n(-c2ccccc2)n1CNc1ccc(Cl)cc1Cl. The van der Waals surface area contributed by atoms with Crippen molar-refractivity contribution in [1.29, 1.82) is 0 Å². The van der Waals surface area contributed by atoms with Gasteiger partial charge in [0.1, 0.15) is 6.67 Å². The van der Waals surface area contributed by atoms with E-state index in [-0.39, 0.29) is 5.56 Å². The molecule has 0 aliphatic rings. The van der Waals surface area contributed by atoms with E-state index in [1.165, 1.54) is 0 Å². The number of nitrogens with one attached hydrogen (secondary N) is 1. The van der Waals surface area contributed by atoms with Crippen molar-refractivity contribution in [2.75, 3.05) is 5.32 Å². The van der Waals surface area contributed by atoms with Gasteiger partial charge in [-0.15, -0.1) is 0 Å². The van der Waals surface area contributed by atoms with Crippen molar-refractivity contribution in [3.05, 3.63) is 80.7 Å². The molecule has 1 N–H and O–H groups in total. The van der Waals surface area contributed by atoms with Gasteiger partial charge in [-0.25, -0.2) is 4.68 Å². The van der Waals surface area contributed by atoms with Crippen LogP contribution in [0.5, 0.6) is 0 Å². The summed E-state index contributed by atoms with van der Waals surface area (Å²) < 4.78 is 3.49. The quantitative estimate of drug-likeness (QED) is 0.763. The second-order valence-corrected chi connectivity index (χ2v) is 5.97. The molecule has 0 bridgehead atoms. The molecule has 3 rings (SSSR count). The van der Waals surface area contributed by atoms with Crippen LogP contribution in [-0.4, -0.2) is 9.36 Å². The molecule has 2 aromatic carbocycles. The summed E-state index contributed by atoms with van der Waals surface area (Å²) >= 11 is 12.1. The first-order valence-electron chi connectivity index (χ1n) is 7.10. The van der Waals surface area contributed by atoms with Crippen LogP contribution in [0.1, 0.15) is 5.69 Å². The van der Waals surface area contributed by atoms with Crippen LogP contribution >= 0.6 is 23.2 Å². The van der Waals surface area contributed by atoms with Crippen LogP contribution in [0.15, 0.2) is 59.4 Å². The number of aromatic nitrogens is 2. The summed E-state index contributed by atoms with van der Waals surface area (Å²) in [5.41, 5.74) is 2.36. The summed E-state index contributed by atoms with van der Waals surface area (Å²) in [7, 11) is 0.